The van der Waals surface area contributed by atoms with E-state index in [-0.39, 0.29) is 11.6 Å². The van der Waals surface area contributed by atoms with E-state index in [0.717, 1.165) is 18.8 Å². The molecule has 2 rings (SSSR count). The van der Waals surface area contributed by atoms with Crippen molar-refractivity contribution >= 4 is 23.5 Å². The number of nitro benzene ring substituents is 1. The van der Waals surface area contributed by atoms with Gasteiger partial charge in [-0.1, -0.05) is 0 Å². The summed E-state index contributed by atoms with van der Waals surface area (Å²) in [5.41, 5.74) is 4.20. The zero-order valence-electron chi connectivity index (χ0n) is 15.5. The number of nitrogens with one attached hydrogen (secondary N) is 1. The van der Waals surface area contributed by atoms with Gasteiger partial charge >= 0.3 is 0 Å². The van der Waals surface area contributed by atoms with E-state index in [1.807, 2.05) is 13.8 Å². The van der Waals surface area contributed by atoms with Crippen LogP contribution < -0.4 is 15.1 Å². The van der Waals surface area contributed by atoms with Gasteiger partial charge in [0, 0.05) is 42.0 Å². The monoisotopic (exact) mass is 370 g/mol. The van der Waals surface area contributed by atoms with Gasteiger partial charge in [-0.25, -0.2) is 5.43 Å². The molecule has 0 bridgehead atoms. The maximum absolute atomic E-state index is 12.2. The second-order valence-corrected chi connectivity index (χ2v) is 5.60. The van der Waals surface area contributed by atoms with E-state index in [2.05, 4.69) is 15.4 Å². The molecule has 0 fully saturated rings. The Morgan fingerprint density at radius 2 is 1.89 bits per heavy atom. The fourth-order valence-corrected chi connectivity index (χ4v) is 2.58. The minimum atomic E-state index is -0.459. The maximum Gasteiger partial charge on any atom is 0.271 e. The number of nitro groups is 1. The molecule has 0 heterocycles. The fourth-order valence-electron chi connectivity index (χ4n) is 2.58. The number of hydrogen-bond donors (Lipinski definition) is 1. The van der Waals surface area contributed by atoms with Crippen LogP contribution in [0, 0.1) is 10.1 Å². The zero-order valence-corrected chi connectivity index (χ0v) is 15.5. The number of anilines is 1. The maximum atomic E-state index is 12.2. The van der Waals surface area contributed by atoms with Crippen LogP contribution in [-0.4, -0.2) is 37.2 Å². The van der Waals surface area contributed by atoms with Gasteiger partial charge in [0.25, 0.3) is 11.6 Å². The molecular formula is C19H22N4O4. The van der Waals surface area contributed by atoms with E-state index in [4.69, 9.17) is 4.74 Å². The molecular weight excluding hydrogens is 348 g/mol. The number of hydrazone groups is 1. The summed E-state index contributed by atoms with van der Waals surface area (Å²) >= 11 is 0. The molecule has 2 aromatic carbocycles. The predicted molar refractivity (Wildman–Crippen MR) is 105 cm³/mol. The van der Waals surface area contributed by atoms with Crippen molar-refractivity contribution in [3.63, 3.8) is 0 Å². The van der Waals surface area contributed by atoms with E-state index in [1.165, 1.54) is 18.3 Å². The van der Waals surface area contributed by atoms with E-state index < -0.39 is 4.92 Å². The summed E-state index contributed by atoms with van der Waals surface area (Å²) < 4.78 is 5.05. The number of amides is 1. The van der Waals surface area contributed by atoms with Crippen molar-refractivity contribution in [1.29, 1.82) is 0 Å². The van der Waals surface area contributed by atoms with E-state index >= 15 is 0 Å². The van der Waals surface area contributed by atoms with Gasteiger partial charge in [0.15, 0.2) is 0 Å². The molecule has 0 spiro atoms. The highest BCUT2D eigenvalue weighted by atomic mass is 16.6. The first kappa shape index (κ1) is 19.9. The number of carbonyl (C=O) groups is 1. The van der Waals surface area contributed by atoms with Crippen LogP contribution in [0.1, 0.15) is 29.8 Å². The lowest BCUT2D eigenvalue weighted by molar-refractivity contribution is -0.384. The third kappa shape index (κ3) is 5.04. The van der Waals surface area contributed by atoms with Crippen LogP contribution in [0.3, 0.4) is 0 Å². The van der Waals surface area contributed by atoms with Crippen molar-refractivity contribution in [2.75, 3.05) is 25.1 Å². The summed E-state index contributed by atoms with van der Waals surface area (Å²) in [6, 6.07) is 11.2. The van der Waals surface area contributed by atoms with Crippen LogP contribution in [0.5, 0.6) is 5.75 Å². The molecule has 8 heteroatoms. The summed E-state index contributed by atoms with van der Waals surface area (Å²) in [5.74, 6) is 0.263. The standard InChI is InChI=1S/C19H22N4O4/c1-4-22(5-2)18-11-8-16(23(25)26)12-15(18)13-20-21-19(24)14-6-9-17(27-3)10-7-14/h6-13H,4-5H2,1-3H3,(H,21,24)/b20-13-. The molecule has 0 aliphatic rings. The molecule has 0 aliphatic carbocycles. The van der Waals surface area contributed by atoms with Crippen molar-refractivity contribution in [2.45, 2.75) is 13.8 Å². The lowest BCUT2D eigenvalue weighted by Crippen LogP contribution is -2.23. The number of carbonyl (C=O) groups excluding carboxylic acids is 1. The van der Waals surface area contributed by atoms with Gasteiger partial charge in [0.1, 0.15) is 5.75 Å². The van der Waals surface area contributed by atoms with Crippen LogP contribution in [0.4, 0.5) is 11.4 Å². The molecule has 27 heavy (non-hydrogen) atoms. The summed E-state index contributed by atoms with van der Waals surface area (Å²) in [4.78, 5) is 24.8. The van der Waals surface area contributed by atoms with Crippen LogP contribution in [0.25, 0.3) is 0 Å². The highest BCUT2D eigenvalue weighted by Gasteiger charge is 2.13. The number of hydrogen-bond acceptors (Lipinski definition) is 6. The topological polar surface area (TPSA) is 97.1 Å². The van der Waals surface area contributed by atoms with Gasteiger partial charge in [0.2, 0.25) is 0 Å². The van der Waals surface area contributed by atoms with E-state index in [9.17, 15) is 14.9 Å². The summed E-state index contributed by atoms with van der Waals surface area (Å²) in [5, 5.41) is 15.0. The molecule has 0 atom stereocenters. The minimum absolute atomic E-state index is 0.0335. The lowest BCUT2D eigenvalue weighted by atomic mass is 10.1. The minimum Gasteiger partial charge on any atom is -0.497 e. The third-order valence-corrected chi connectivity index (χ3v) is 4.05. The smallest absolute Gasteiger partial charge is 0.271 e. The molecule has 0 saturated carbocycles. The van der Waals surface area contributed by atoms with Crippen LogP contribution in [0.15, 0.2) is 47.6 Å². The Labute approximate surface area is 157 Å². The van der Waals surface area contributed by atoms with Gasteiger partial charge in [0.05, 0.1) is 18.2 Å². The summed E-state index contributed by atoms with van der Waals surface area (Å²) in [7, 11) is 1.55. The Morgan fingerprint density at radius 3 is 2.44 bits per heavy atom. The molecule has 0 unspecified atom stereocenters. The Balaban J connectivity index is 2.21. The Bertz CT molecular complexity index is 830. The molecule has 0 saturated heterocycles. The van der Waals surface area contributed by atoms with Gasteiger partial charge in [-0.3, -0.25) is 14.9 Å². The van der Waals surface area contributed by atoms with Crippen molar-refractivity contribution < 1.29 is 14.5 Å². The lowest BCUT2D eigenvalue weighted by Gasteiger charge is -2.22. The molecule has 8 nitrogen and oxygen atoms in total. The number of ether oxygens (including phenoxy) is 1. The van der Waals surface area contributed by atoms with Crippen molar-refractivity contribution in [3.8, 4) is 5.75 Å². The van der Waals surface area contributed by atoms with E-state index in [1.54, 1.807) is 37.4 Å². The second-order valence-electron chi connectivity index (χ2n) is 5.60. The normalized spacial score (nSPS) is 10.6. The molecule has 0 aliphatic heterocycles. The van der Waals surface area contributed by atoms with Crippen molar-refractivity contribution in [1.82, 2.24) is 5.43 Å². The Morgan fingerprint density at radius 1 is 1.22 bits per heavy atom. The molecule has 0 aromatic heterocycles. The molecule has 1 amide bonds. The Hall–Kier alpha value is -3.42. The zero-order chi connectivity index (χ0) is 19.8. The van der Waals surface area contributed by atoms with Crippen LogP contribution in [0.2, 0.25) is 0 Å². The first-order valence-corrected chi connectivity index (χ1v) is 8.51. The summed E-state index contributed by atoms with van der Waals surface area (Å²) in [6.07, 6.45) is 1.42. The van der Waals surface area contributed by atoms with Crippen LogP contribution >= 0.6 is 0 Å². The second kappa shape index (κ2) is 9.33. The van der Waals surface area contributed by atoms with Crippen molar-refractivity contribution in [3.05, 3.63) is 63.7 Å². The van der Waals surface area contributed by atoms with Gasteiger partial charge < -0.3 is 9.64 Å². The number of benzene rings is 2. The van der Waals surface area contributed by atoms with Gasteiger partial charge in [-0.05, 0) is 44.2 Å². The highest BCUT2D eigenvalue weighted by Crippen LogP contribution is 2.24. The number of rotatable bonds is 8. The van der Waals surface area contributed by atoms with Gasteiger partial charge in [-0.2, -0.15) is 5.10 Å². The Kier molecular flexibility index (Phi) is 6.87. The van der Waals surface area contributed by atoms with E-state index in [0.29, 0.717) is 16.9 Å². The third-order valence-electron chi connectivity index (χ3n) is 4.05. The number of nitrogens with zero attached hydrogens (tertiary/aromatic N) is 3. The number of methoxy groups -OCH3 is 1. The summed E-state index contributed by atoms with van der Waals surface area (Å²) in [6.45, 7) is 5.48. The first-order valence-electron chi connectivity index (χ1n) is 8.51. The SMILES string of the molecule is CCN(CC)c1ccc([N+](=O)[O-])cc1/C=N\NC(=O)c1ccc(OC)cc1. The predicted octanol–water partition coefficient (Wildman–Crippen LogP) is 3.21. The fraction of sp³-hybridized carbons (Fsp3) is 0.263. The molecule has 2 aromatic rings. The highest BCUT2D eigenvalue weighted by molar-refractivity contribution is 5.95. The molecule has 0 radical (unpaired) electrons. The van der Waals surface area contributed by atoms with Crippen molar-refractivity contribution in [2.24, 2.45) is 5.10 Å². The molecule has 1 N–H and O–H groups in total. The first-order chi connectivity index (χ1) is 13.0. The average Bonchev–Trinajstić information content (AvgIpc) is 2.69. The number of non-ortho nitro benzene ring substituents is 1. The quantitative estimate of drug-likeness (QED) is 0.437. The van der Waals surface area contributed by atoms with Gasteiger partial charge in [-0.15, -0.1) is 0 Å². The van der Waals surface area contributed by atoms with Crippen LogP contribution in [-0.2, 0) is 0 Å². The molecule has 142 valence electrons. The average molecular weight is 370 g/mol. The largest absolute Gasteiger partial charge is 0.497 e.